The van der Waals surface area contributed by atoms with Crippen molar-refractivity contribution in [2.45, 2.75) is 69.7 Å². The van der Waals surface area contributed by atoms with Crippen LogP contribution in [-0.2, 0) is 31.5 Å². The molecule has 2 heterocycles. The van der Waals surface area contributed by atoms with Gasteiger partial charge < -0.3 is 0 Å². The standard InChI is InChI=1S/C30H30F8IN2O5S/c1-26(39-2)16-40(13-11-22(26)24(42)43)25(44)41-14-12-27(47(45,46)20-7-5-19(31)6-8-20)21-9-4-18(15-17(21)3-10-23(27)41)28(32,29(33,34)35)30(36,37)38/h4-9,15,22-23H,3,10-14,16H2,1-2H3,(H,42,43)/q-1/t22?,23-,26-,27-/m1/s1. The first-order valence-corrected chi connectivity index (χ1v) is 19.1. The fourth-order valence-corrected chi connectivity index (χ4v) is 11.8. The van der Waals surface area contributed by atoms with E-state index in [1.165, 1.54) is 9.80 Å². The van der Waals surface area contributed by atoms with Gasteiger partial charge in [0.05, 0.1) is 0 Å². The zero-order chi connectivity index (χ0) is 35.0. The Balaban J connectivity index is 1.63. The minimum absolute atomic E-state index is 0.0729. The van der Waals surface area contributed by atoms with E-state index in [0.717, 1.165) is 30.3 Å². The van der Waals surface area contributed by atoms with Gasteiger partial charge in [-0.15, -0.1) is 0 Å². The van der Waals surface area contributed by atoms with Crippen LogP contribution in [0.2, 0.25) is 0 Å². The van der Waals surface area contributed by atoms with E-state index >= 15 is 4.39 Å². The Bertz CT molecular complexity index is 1670. The maximum absolute atomic E-state index is 15.1. The van der Waals surface area contributed by atoms with Gasteiger partial charge in [0.2, 0.25) is 0 Å². The predicted octanol–water partition coefficient (Wildman–Crippen LogP) is 2.81. The minimum atomic E-state index is -6.38. The monoisotopic (exact) mass is 809 g/mol. The Morgan fingerprint density at radius 2 is 1.57 bits per heavy atom. The number of halogens is 9. The van der Waals surface area contributed by atoms with Crippen LogP contribution in [0.15, 0.2) is 47.4 Å². The number of alkyl halides is 9. The van der Waals surface area contributed by atoms with Gasteiger partial charge in [0.1, 0.15) is 0 Å². The van der Waals surface area contributed by atoms with Crippen LogP contribution in [-0.4, -0.2) is 81.7 Å². The van der Waals surface area contributed by atoms with Crippen LogP contribution in [0.3, 0.4) is 0 Å². The van der Waals surface area contributed by atoms with Crippen molar-refractivity contribution in [2.75, 3.05) is 24.6 Å². The van der Waals surface area contributed by atoms with Gasteiger partial charge in [-0.25, -0.2) is 8.78 Å². The number of carboxylic acids is 1. The molecule has 0 aromatic heterocycles. The molecular formula is C30H30F8IN2O5S-. The third-order valence-corrected chi connectivity index (χ3v) is 15.9. The van der Waals surface area contributed by atoms with Gasteiger partial charge in [-0.05, 0) is 0 Å². The number of rotatable bonds is 5. The van der Waals surface area contributed by atoms with Crippen molar-refractivity contribution >= 4 is 21.8 Å². The summed E-state index contributed by atoms with van der Waals surface area (Å²) in [5, 5.41) is 9.76. The third-order valence-electron chi connectivity index (χ3n) is 9.83. The molecule has 1 unspecified atom stereocenters. The van der Waals surface area contributed by atoms with Gasteiger partial charge >= 0.3 is 241 Å². The molecule has 3 aliphatic rings. The zero-order valence-corrected chi connectivity index (χ0v) is 27.9. The van der Waals surface area contributed by atoms with Crippen LogP contribution in [0.1, 0.15) is 42.9 Å². The molecule has 5 rings (SSSR count). The summed E-state index contributed by atoms with van der Waals surface area (Å²) in [6.07, 6.45) is -13.4. The van der Waals surface area contributed by atoms with Gasteiger partial charge in [-0.1, -0.05) is 0 Å². The first-order valence-electron chi connectivity index (χ1n) is 14.4. The van der Waals surface area contributed by atoms with Gasteiger partial charge in [-0.3, -0.25) is 0 Å². The van der Waals surface area contributed by atoms with Crippen molar-refractivity contribution < 1.29 is 79.4 Å². The molecule has 2 aromatic carbocycles. The number of carboxylic acid groups (broad SMARTS) is 1. The first kappa shape index (κ1) is 35.6. The number of amides is 2. The molecule has 0 radical (unpaired) electrons. The number of hydrogen-bond acceptors (Lipinski definition) is 4. The molecule has 2 aliphatic heterocycles. The zero-order valence-electron chi connectivity index (χ0n) is 24.9. The van der Waals surface area contributed by atoms with Gasteiger partial charge in [0.15, 0.2) is 0 Å². The summed E-state index contributed by atoms with van der Waals surface area (Å²) in [7, 11) is -4.63. The number of nitrogens with zero attached hydrogens (tertiary/aromatic N) is 2. The van der Waals surface area contributed by atoms with E-state index in [2.05, 4.69) is 0 Å². The van der Waals surface area contributed by atoms with Crippen LogP contribution in [0.4, 0.5) is 39.9 Å². The Morgan fingerprint density at radius 1 is 0.957 bits per heavy atom. The number of benzene rings is 2. The molecular weight excluding hydrogens is 779 g/mol. The number of piperidine rings is 1. The van der Waals surface area contributed by atoms with E-state index in [-0.39, 0.29) is 67.4 Å². The van der Waals surface area contributed by atoms with E-state index in [9.17, 15) is 53.8 Å². The SMILES string of the molecule is C[I-][C@]1(C)CN(C(=O)N2CC[C@@]3(S(=O)(=O)c4ccc(F)cc4)c4ccc(C(F)(C(F)(F)F)C(F)(F)F)cc4CC[C@@H]23)CCC1C(=O)O. The fourth-order valence-electron chi connectivity index (χ4n) is 7.35. The molecule has 2 fully saturated rings. The van der Waals surface area contributed by atoms with Crippen molar-refractivity contribution in [3.8, 4) is 0 Å². The van der Waals surface area contributed by atoms with Crippen molar-refractivity contribution in [3.63, 3.8) is 0 Å². The normalized spacial score (nSPS) is 27.0. The number of likely N-dealkylation sites (tertiary alicyclic amines) is 2. The first-order chi connectivity index (χ1) is 21.7. The number of carbonyl (C=O) groups is 2. The molecule has 2 amide bonds. The van der Waals surface area contributed by atoms with Gasteiger partial charge in [-0.2, -0.15) is 26.3 Å². The van der Waals surface area contributed by atoms with E-state index in [1.807, 2.05) is 4.93 Å². The molecule has 7 nitrogen and oxygen atoms in total. The topological polar surface area (TPSA) is 95.0 Å². The molecule has 47 heavy (non-hydrogen) atoms. The number of urea groups is 1. The summed E-state index contributed by atoms with van der Waals surface area (Å²) in [6, 6.07) is 3.44. The average Bonchev–Trinajstić information content (AvgIpc) is 3.40. The molecule has 1 aliphatic carbocycles. The van der Waals surface area contributed by atoms with Crippen LogP contribution in [0.25, 0.3) is 0 Å². The fraction of sp³-hybridized carbons (Fsp3) is 0.533. The summed E-state index contributed by atoms with van der Waals surface area (Å²) < 4.78 is 137. The third kappa shape index (κ3) is 5.37. The molecule has 17 heteroatoms. The molecule has 0 saturated carbocycles. The van der Waals surface area contributed by atoms with Crippen molar-refractivity contribution in [3.05, 3.63) is 65.0 Å². The summed E-state index contributed by atoms with van der Waals surface area (Å²) >= 11 is -0.692. The van der Waals surface area contributed by atoms with Crippen molar-refractivity contribution in [1.82, 2.24) is 9.80 Å². The van der Waals surface area contributed by atoms with Crippen LogP contribution >= 0.6 is 0 Å². The van der Waals surface area contributed by atoms with Crippen LogP contribution < -0.4 is 21.2 Å². The van der Waals surface area contributed by atoms with E-state index in [0.29, 0.717) is 6.07 Å². The second-order valence-electron chi connectivity index (χ2n) is 12.2. The van der Waals surface area contributed by atoms with Crippen LogP contribution in [0.5, 0.6) is 0 Å². The van der Waals surface area contributed by atoms with E-state index in [1.54, 1.807) is 6.92 Å². The molecule has 2 aromatic rings. The summed E-state index contributed by atoms with van der Waals surface area (Å²) in [6.45, 7) is 1.79. The quantitative estimate of drug-likeness (QED) is 0.217. The molecule has 2 saturated heterocycles. The number of aryl methyl sites for hydroxylation is 1. The molecule has 1 N–H and O–H groups in total. The number of aliphatic carboxylic acids is 1. The molecule has 0 bridgehead atoms. The predicted molar refractivity (Wildman–Crippen MR) is 147 cm³/mol. The Morgan fingerprint density at radius 3 is 2.13 bits per heavy atom. The van der Waals surface area contributed by atoms with Crippen molar-refractivity contribution in [2.24, 2.45) is 5.92 Å². The Hall–Kier alpha value is -2.70. The van der Waals surface area contributed by atoms with Crippen LogP contribution in [0, 0.1) is 11.7 Å². The second-order valence-corrected chi connectivity index (χ2v) is 18.0. The summed E-state index contributed by atoms with van der Waals surface area (Å²) in [5.41, 5.74) is -7.90. The maximum atomic E-state index is 15.1. The summed E-state index contributed by atoms with van der Waals surface area (Å²) in [5.74, 6) is -2.43. The number of sulfone groups is 1. The van der Waals surface area contributed by atoms with Gasteiger partial charge in [0, 0.05) is 0 Å². The Kier molecular flexibility index (Phi) is 8.88. The van der Waals surface area contributed by atoms with E-state index in [4.69, 9.17) is 0 Å². The average molecular weight is 810 g/mol. The molecule has 0 spiro atoms. The van der Waals surface area contributed by atoms with E-state index < -0.39 is 92.6 Å². The van der Waals surface area contributed by atoms with Crippen molar-refractivity contribution in [1.29, 1.82) is 0 Å². The van der Waals surface area contributed by atoms with Gasteiger partial charge in [0.25, 0.3) is 0 Å². The molecule has 4 atom stereocenters. The second kappa shape index (κ2) is 11.7. The Labute approximate surface area is 275 Å². The summed E-state index contributed by atoms with van der Waals surface area (Å²) in [4.78, 5) is 30.3. The molecule has 260 valence electrons. The number of hydrogen-bond donors (Lipinski definition) is 1. The number of fused-ring (bicyclic) bond motifs is 3. The number of carbonyl (C=O) groups excluding carboxylic acids is 1.